The normalized spacial score (nSPS) is 11.2. The van der Waals surface area contributed by atoms with Crippen LogP contribution in [-0.2, 0) is 41.7 Å². The number of fused-ring (bicyclic) bond motifs is 2. The smallest absolute Gasteiger partial charge is 0.329 e. The Balaban J connectivity index is 0.000000373. The highest BCUT2D eigenvalue weighted by atomic mass is 35.5. The van der Waals surface area contributed by atoms with E-state index in [1.807, 2.05) is 16.7 Å². The molecule has 6 rings (SSSR count). The fraction of sp³-hybridized carbons (Fsp3) is 0.273. The molecule has 0 aliphatic heterocycles. The number of aliphatic carboxylic acids is 1. The molecule has 4 aromatic carbocycles. The molecule has 0 bridgehead atoms. The van der Waals surface area contributed by atoms with Gasteiger partial charge < -0.3 is 51.5 Å². The molecule has 0 saturated heterocycles. The molecule has 0 spiro atoms. The molecule has 9 N–H and O–H groups in total. The van der Waals surface area contributed by atoms with Crippen molar-refractivity contribution in [3.05, 3.63) is 117 Å². The average Bonchev–Trinajstić information content (AvgIpc) is 3.87. The van der Waals surface area contributed by atoms with Crippen LogP contribution in [-0.4, -0.2) is 92.6 Å². The first-order chi connectivity index (χ1) is 31.0. The lowest BCUT2D eigenvalue weighted by Crippen LogP contribution is -2.46. The predicted octanol–water partition coefficient (Wildman–Crippen LogP) is 7.01. The number of halogens is 5. The van der Waals surface area contributed by atoms with Gasteiger partial charge in [0.2, 0.25) is 0 Å². The number of esters is 2. The van der Waals surface area contributed by atoms with Crippen LogP contribution in [0.1, 0.15) is 53.8 Å². The van der Waals surface area contributed by atoms with Crippen molar-refractivity contribution in [3.8, 4) is 0 Å². The summed E-state index contributed by atoms with van der Waals surface area (Å²) in [5.41, 5.74) is 21.6. The maximum atomic E-state index is 12.6. The van der Waals surface area contributed by atoms with Gasteiger partial charge in [0.15, 0.2) is 0 Å². The molecular formula is C44H50Cl5N9O9. The van der Waals surface area contributed by atoms with Crippen molar-refractivity contribution in [3.63, 3.8) is 0 Å². The lowest BCUT2D eigenvalue weighted by atomic mass is 10.1. The van der Waals surface area contributed by atoms with E-state index in [-0.39, 0.29) is 89.1 Å². The van der Waals surface area contributed by atoms with Crippen LogP contribution in [0.5, 0.6) is 0 Å². The minimum atomic E-state index is -1.02. The van der Waals surface area contributed by atoms with Crippen molar-refractivity contribution in [1.82, 2.24) is 29.7 Å². The zero-order valence-corrected chi connectivity index (χ0v) is 39.2. The largest absolute Gasteiger partial charge is 0.481 e. The maximum Gasteiger partial charge on any atom is 0.329 e. The van der Waals surface area contributed by atoms with Crippen LogP contribution < -0.4 is 27.8 Å². The summed E-state index contributed by atoms with van der Waals surface area (Å²) in [7, 11) is 2.42. The Morgan fingerprint density at radius 2 is 1.06 bits per heavy atom. The average molecular weight is 1030 g/mol. The number of nitrogens with zero attached hydrogens (tertiary/aromatic N) is 4. The van der Waals surface area contributed by atoms with Crippen molar-refractivity contribution in [2.45, 2.75) is 58.3 Å². The standard InChI is InChI=1S/C22H22Cl2N4O4.C11H12Cl2N2O3.C10H11N3O2.CH4.ClH/c1-32-22(31)18(27-21(30)20-15(23)3-2-4-16(20)24)8-6-14(29)9-10-28-12-26-17-7-5-13(25)11-19(17)28;1-18-11(17)8(5-14)15-10(16)9-6(12)3-2-4-7(9)13;11-7-1-2-8-9(5-7)13(6-12-8)4-3-10(14)15;;/h2-5,7,11-12,18H,6,8-10,25H2,1H3,(H,27,30);2-4,8H,5,14H2,1H3,(H,15,16);1-2,5-6H,3-4,11H2,(H,14,15);1H4;1H/t18-;8-;;;/m00.../s1. The lowest BCUT2D eigenvalue weighted by Gasteiger charge is -2.17. The van der Waals surface area contributed by atoms with Crippen LogP contribution in [0.4, 0.5) is 11.4 Å². The zero-order valence-electron chi connectivity index (χ0n) is 35.3. The number of amides is 2. The first-order valence-electron chi connectivity index (χ1n) is 19.5. The molecule has 2 atom stereocenters. The molecule has 2 amide bonds. The van der Waals surface area contributed by atoms with Crippen LogP contribution >= 0.6 is 58.8 Å². The maximum absolute atomic E-state index is 12.6. The number of nitrogen functional groups attached to an aromatic ring is 2. The van der Waals surface area contributed by atoms with Crippen LogP contribution in [0.15, 0.2) is 85.5 Å². The predicted molar refractivity (Wildman–Crippen MR) is 262 cm³/mol. The van der Waals surface area contributed by atoms with Crippen LogP contribution in [0.25, 0.3) is 22.1 Å². The number of nitrogens with one attached hydrogen (secondary N) is 2. The number of Topliss-reactive ketones (excluding diaryl/α,β-unsaturated/α-hetero) is 1. The van der Waals surface area contributed by atoms with E-state index in [0.717, 1.165) is 22.1 Å². The number of anilines is 2. The molecule has 0 fully saturated rings. The third kappa shape index (κ3) is 16.3. The van der Waals surface area contributed by atoms with E-state index in [2.05, 4.69) is 25.3 Å². The summed E-state index contributed by atoms with van der Waals surface area (Å²) in [4.78, 5) is 79.3. The number of methoxy groups -OCH3 is 2. The molecule has 23 heteroatoms. The lowest BCUT2D eigenvalue weighted by molar-refractivity contribution is -0.143. The summed E-state index contributed by atoms with van der Waals surface area (Å²) < 4.78 is 12.9. The van der Waals surface area contributed by atoms with Gasteiger partial charge in [-0.15, -0.1) is 12.4 Å². The van der Waals surface area contributed by atoms with E-state index in [9.17, 15) is 28.8 Å². The van der Waals surface area contributed by atoms with Gasteiger partial charge in [0, 0.05) is 43.9 Å². The molecule has 0 unspecified atom stereocenters. The number of carbonyl (C=O) groups is 6. The fourth-order valence-electron chi connectivity index (χ4n) is 6.03. The van der Waals surface area contributed by atoms with Crippen LogP contribution in [0.3, 0.4) is 0 Å². The molecule has 2 heterocycles. The van der Waals surface area contributed by atoms with Gasteiger partial charge in [-0.25, -0.2) is 19.6 Å². The zero-order chi connectivity index (χ0) is 47.8. The van der Waals surface area contributed by atoms with Crippen LogP contribution in [0, 0.1) is 0 Å². The molecule has 360 valence electrons. The Morgan fingerprint density at radius 1 is 0.657 bits per heavy atom. The summed E-state index contributed by atoms with van der Waals surface area (Å²) in [5, 5.41) is 14.2. The highest BCUT2D eigenvalue weighted by Crippen LogP contribution is 2.26. The number of ketones is 1. The molecule has 6 aromatic rings. The van der Waals surface area contributed by atoms with Crippen molar-refractivity contribution in [2.24, 2.45) is 5.73 Å². The van der Waals surface area contributed by atoms with E-state index < -0.39 is 41.8 Å². The number of ether oxygens (including phenoxy) is 2. The molecule has 18 nitrogen and oxygen atoms in total. The second kappa shape index (κ2) is 27.5. The number of aryl methyl sites for hydroxylation is 2. The minimum Gasteiger partial charge on any atom is -0.481 e. The molecule has 0 saturated carbocycles. The number of rotatable bonds is 16. The highest BCUT2D eigenvalue weighted by molar-refractivity contribution is 6.40. The van der Waals surface area contributed by atoms with E-state index in [1.54, 1.807) is 53.6 Å². The number of carboxylic acid groups (broad SMARTS) is 1. The molecule has 67 heavy (non-hydrogen) atoms. The van der Waals surface area contributed by atoms with Crippen molar-refractivity contribution in [2.75, 3.05) is 32.2 Å². The second-order valence-corrected chi connectivity index (χ2v) is 15.5. The Kier molecular flexibility index (Phi) is 23.4. The van der Waals surface area contributed by atoms with Crippen molar-refractivity contribution >= 4 is 128 Å². The van der Waals surface area contributed by atoms with Gasteiger partial charge in [0.25, 0.3) is 11.8 Å². The topological polar surface area (TPSA) is 279 Å². The summed E-state index contributed by atoms with van der Waals surface area (Å²) >= 11 is 23.9. The number of nitrogens with two attached hydrogens (primary N) is 3. The molecule has 0 aliphatic rings. The van der Waals surface area contributed by atoms with Gasteiger partial charge in [-0.1, -0.05) is 66.0 Å². The van der Waals surface area contributed by atoms with E-state index in [4.69, 9.17) is 73.4 Å². The van der Waals surface area contributed by atoms with Gasteiger partial charge in [0.1, 0.15) is 17.9 Å². The Bertz CT molecular complexity index is 2640. The van der Waals surface area contributed by atoms with Gasteiger partial charge in [-0.2, -0.15) is 0 Å². The van der Waals surface area contributed by atoms with Crippen molar-refractivity contribution < 1.29 is 43.3 Å². The SMILES string of the molecule is C.COC(=O)[C@H](CCC(=O)CCn1cnc2ccc(N)cc21)NC(=O)c1c(Cl)cccc1Cl.COC(=O)[C@H](CN)NC(=O)c1c(Cl)cccc1Cl.Cl.Nc1ccc2ncn(CCC(=O)O)c2c1. The van der Waals surface area contributed by atoms with E-state index >= 15 is 0 Å². The quantitative estimate of drug-likeness (QED) is 0.0420. The number of benzene rings is 4. The van der Waals surface area contributed by atoms with Crippen LogP contribution in [0.2, 0.25) is 20.1 Å². The van der Waals surface area contributed by atoms with Gasteiger partial charge in [0.05, 0.1) is 86.6 Å². The second-order valence-electron chi connectivity index (χ2n) is 13.9. The monoisotopic (exact) mass is 1020 g/mol. The third-order valence-corrected chi connectivity index (χ3v) is 10.7. The Hall–Kier alpha value is -6.15. The highest BCUT2D eigenvalue weighted by Gasteiger charge is 2.26. The molecule has 2 aromatic heterocycles. The minimum absolute atomic E-state index is 0. The first-order valence-corrected chi connectivity index (χ1v) is 21.0. The number of imidazole rings is 2. The Morgan fingerprint density at radius 3 is 1.46 bits per heavy atom. The van der Waals surface area contributed by atoms with Gasteiger partial charge >= 0.3 is 17.9 Å². The number of aromatic nitrogens is 4. The number of hydrogen-bond acceptors (Lipinski definition) is 13. The summed E-state index contributed by atoms with van der Waals surface area (Å²) in [5.74, 6) is -3.38. The number of hydrogen-bond donors (Lipinski definition) is 6. The van der Waals surface area contributed by atoms with E-state index in [1.165, 1.54) is 38.5 Å². The summed E-state index contributed by atoms with van der Waals surface area (Å²) in [6, 6.07) is 18.1. The third-order valence-electron chi connectivity index (χ3n) is 9.40. The number of carboxylic acids is 1. The van der Waals surface area contributed by atoms with Gasteiger partial charge in [-0.05, 0) is 67.1 Å². The Labute approximate surface area is 411 Å². The fourth-order valence-corrected chi connectivity index (χ4v) is 7.17. The molecular weight excluding hydrogens is 976 g/mol. The molecule has 0 aliphatic carbocycles. The van der Waals surface area contributed by atoms with Crippen molar-refractivity contribution in [1.29, 1.82) is 0 Å². The summed E-state index contributed by atoms with van der Waals surface area (Å²) in [6.07, 6.45) is 3.76. The summed E-state index contributed by atoms with van der Waals surface area (Å²) in [6.45, 7) is 0.749. The van der Waals surface area contributed by atoms with Gasteiger partial charge in [-0.3, -0.25) is 19.2 Å². The van der Waals surface area contributed by atoms with E-state index in [0.29, 0.717) is 24.5 Å². The number of carbonyl (C=O) groups excluding carboxylic acids is 5. The molecule has 0 radical (unpaired) electrons. The first kappa shape index (κ1) is 57.0.